The predicted molar refractivity (Wildman–Crippen MR) is 131 cm³/mol. The van der Waals surface area contributed by atoms with E-state index in [1.165, 1.54) is 35.2 Å². The van der Waals surface area contributed by atoms with E-state index in [0.717, 1.165) is 0 Å². The number of rotatable bonds is 6. The van der Waals surface area contributed by atoms with Crippen LogP contribution in [0.15, 0.2) is 89.3 Å². The standard InChI is InChI=1S/C27H20FN3O5/c28-18-7-11-20(12-8-18)35-16-21-13-14-24(36-21)26(33)29-19-9-5-17(6-10-19)27(34)31-15-25(32)30-22-3-1-2-4-23(22)31/h1-14H,15-16H2,(H,29,33)(H,30,32). The Bertz CT molecular complexity index is 1430. The van der Waals surface area contributed by atoms with E-state index in [9.17, 15) is 18.8 Å². The van der Waals surface area contributed by atoms with E-state index in [-0.39, 0.29) is 36.5 Å². The van der Waals surface area contributed by atoms with E-state index in [1.807, 2.05) is 0 Å². The van der Waals surface area contributed by atoms with Gasteiger partial charge in [0.25, 0.3) is 11.8 Å². The van der Waals surface area contributed by atoms with Gasteiger partial charge in [0.05, 0.1) is 11.4 Å². The molecule has 9 heteroatoms. The van der Waals surface area contributed by atoms with Gasteiger partial charge in [0, 0.05) is 11.3 Å². The molecule has 0 spiro atoms. The lowest BCUT2D eigenvalue weighted by Gasteiger charge is -2.29. The number of carbonyl (C=O) groups excluding carboxylic acids is 3. The number of nitrogens with one attached hydrogen (secondary N) is 2. The third-order valence-corrected chi connectivity index (χ3v) is 5.49. The highest BCUT2D eigenvalue weighted by atomic mass is 19.1. The molecule has 0 aliphatic carbocycles. The first-order valence-corrected chi connectivity index (χ1v) is 11.1. The van der Waals surface area contributed by atoms with E-state index < -0.39 is 5.91 Å². The molecule has 0 fully saturated rings. The monoisotopic (exact) mass is 485 g/mol. The molecule has 180 valence electrons. The molecular weight excluding hydrogens is 465 g/mol. The number of hydrogen-bond acceptors (Lipinski definition) is 5. The van der Waals surface area contributed by atoms with Crippen molar-refractivity contribution in [2.75, 3.05) is 22.1 Å². The molecule has 0 unspecified atom stereocenters. The van der Waals surface area contributed by atoms with Crippen LogP contribution in [0.2, 0.25) is 0 Å². The highest BCUT2D eigenvalue weighted by Gasteiger charge is 2.27. The topological polar surface area (TPSA) is 101 Å². The highest BCUT2D eigenvalue weighted by molar-refractivity contribution is 6.15. The molecule has 1 aromatic heterocycles. The van der Waals surface area contributed by atoms with Crippen molar-refractivity contribution in [1.82, 2.24) is 0 Å². The summed E-state index contributed by atoms with van der Waals surface area (Å²) in [5, 5.41) is 5.47. The molecule has 36 heavy (non-hydrogen) atoms. The van der Waals surface area contributed by atoms with E-state index in [0.29, 0.717) is 34.1 Å². The van der Waals surface area contributed by atoms with Crippen molar-refractivity contribution in [2.45, 2.75) is 6.61 Å². The fourth-order valence-electron chi connectivity index (χ4n) is 3.72. The number of furan rings is 1. The summed E-state index contributed by atoms with van der Waals surface area (Å²) in [6.07, 6.45) is 0. The number of carbonyl (C=O) groups is 3. The Morgan fingerprint density at radius 3 is 2.50 bits per heavy atom. The molecule has 8 nitrogen and oxygen atoms in total. The van der Waals surface area contributed by atoms with Crippen LogP contribution >= 0.6 is 0 Å². The Morgan fingerprint density at radius 1 is 0.972 bits per heavy atom. The molecule has 0 atom stereocenters. The second-order valence-electron chi connectivity index (χ2n) is 8.00. The van der Waals surface area contributed by atoms with Gasteiger partial charge in [0.15, 0.2) is 5.76 Å². The lowest BCUT2D eigenvalue weighted by atomic mass is 10.1. The van der Waals surface area contributed by atoms with Crippen LogP contribution in [0.25, 0.3) is 0 Å². The van der Waals surface area contributed by atoms with Gasteiger partial charge in [-0.15, -0.1) is 0 Å². The Morgan fingerprint density at radius 2 is 1.72 bits per heavy atom. The third kappa shape index (κ3) is 4.95. The van der Waals surface area contributed by atoms with Crippen molar-refractivity contribution < 1.29 is 27.9 Å². The number of anilines is 3. The van der Waals surface area contributed by atoms with Crippen LogP contribution in [0.3, 0.4) is 0 Å². The minimum atomic E-state index is -0.469. The van der Waals surface area contributed by atoms with Crippen molar-refractivity contribution in [3.05, 3.63) is 108 Å². The molecule has 1 aliphatic rings. The molecule has 2 N–H and O–H groups in total. The molecule has 4 aromatic rings. The van der Waals surface area contributed by atoms with Crippen LogP contribution in [0.1, 0.15) is 26.7 Å². The predicted octanol–water partition coefficient (Wildman–Crippen LogP) is 4.85. The molecule has 0 saturated carbocycles. The molecule has 0 radical (unpaired) electrons. The minimum absolute atomic E-state index is 0.0768. The summed E-state index contributed by atoms with van der Waals surface area (Å²) in [5.74, 6) is -0.439. The summed E-state index contributed by atoms with van der Waals surface area (Å²) >= 11 is 0. The van der Waals surface area contributed by atoms with Gasteiger partial charge in [-0.2, -0.15) is 0 Å². The number of ether oxygens (including phenoxy) is 1. The summed E-state index contributed by atoms with van der Waals surface area (Å²) in [6, 6.07) is 22.2. The van der Waals surface area contributed by atoms with Crippen molar-refractivity contribution in [3.8, 4) is 5.75 Å². The van der Waals surface area contributed by atoms with Gasteiger partial charge in [-0.25, -0.2) is 4.39 Å². The number of hydrogen-bond donors (Lipinski definition) is 2. The maximum Gasteiger partial charge on any atom is 0.291 e. The zero-order chi connectivity index (χ0) is 25.1. The van der Waals surface area contributed by atoms with Crippen LogP contribution < -0.4 is 20.3 Å². The zero-order valence-corrected chi connectivity index (χ0v) is 18.9. The Kier molecular flexibility index (Phi) is 6.19. The number of halogens is 1. The van der Waals surface area contributed by atoms with Crippen LogP contribution in [0, 0.1) is 5.82 Å². The van der Waals surface area contributed by atoms with E-state index >= 15 is 0 Å². The molecule has 2 heterocycles. The second kappa shape index (κ2) is 9.75. The minimum Gasteiger partial charge on any atom is -0.486 e. The Hall–Kier alpha value is -4.92. The average molecular weight is 485 g/mol. The van der Waals surface area contributed by atoms with E-state index in [1.54, 1.807) is 54.6 Å². The number of para-hydroxylation sites is 2. The molecule has 5 rings (SSSR count). The van der Waals surface area contributed by atoms with Crippen LogP contribution in [-0.2, 0) is 11.4 Å². The van der Waals surface area contributed by atoms with Gasteiger partial charge in [0.1, 0.15) is 30.5 Å². The molecule has 3 amide bonds. The molecule has 0 bridgehead atoms. The SMILES string of the molecule is O=C1CN(C(=O)c2ccc(NC(=O)c3ccc(COc4ccc(F)cc4)o3)cc2)c2ccccc2N1. The lowest BCUT2D eigenvalue weighted by Crippen LogP contribution is -2.42. The lowest BCUT2D eigenvalue weighted by molar-refractivity contribution is -0.115. The number of fused-ring (bicyclic) bond motifs is 1. The Labute approximate surface area is 205 Å². The molecule has 3 aromatic carbocycles. The zero-order valence-electron chi connectivity index (χ0n) is 18.9. The number of amides is 3. The highest BCUT2D eigenvalue weighted by Crippen LogP contribution is 2.30. The van der Waals surface area contributed by atoms with Gasteiger partial charge in [0.2, 0.25) is 5.91 Å². The van der Waals surface area contributed by atoms with Gasteiger partial charge in [-0.3, -0.25) is 19.3 Å². The van der Waals surface area contributed by atoms with Gasteiger partial charge in [-0.1, -0.05) is 12.1 Å². The molecular formula is C27H20FN3O5. The van der Waals surface area contributed by atoms with Gasteiger partial charge >= 0.3 is 0 Å². The summed E-state index contributed by atoms with van der Waals surface area (Å²) < 4.78 is 24.0. The normalized spacial score (nSPS) is 12.5. The van der Waals surface area contributed by atoms with Crippen LogP contribution in [0.4, 0.5) is 21.5 Å². The first-order valence-electron chi connectivity index (χ1n) is 11.1. The summed E-state index contributed by atoms with van der Waals surface area (Å²) in [6.45, 7) is -0.00654. The second-order valence-corrected chi connectivity index (χ2v) is 8.00. The largest absolute Gasteiger partial charge is 0.486 e. The van der Waals surface area contributed by atoms with Crippen molar-refractivity contribution in [2.24, 2.45) is 0 Å². The summed E-state index contributed by atoms with van der Waals surface area (Å²) in [4.78, 5) is 39.1. The van der Waals surface area contributed by atoms with Crippen molar-refractivity contribution in [1.29, 1.82) is 0 Å². The fraction of sp³-hybridized carbons (Fsp3) is 0.0741. The third-order valence-electron chi connectivity index (χ3n) is 5.49. The molecule has 1 aliphatic heterocycles. The average Bonchev–Trinajstić information content (AvgIpc) is 3.37. The number of nitrogens with zero attached hydrogens (tertiary/aromatic N) is 1. The first kappa shape index (κ1) is 22.9. The van der Waals surface area contributed by atoms with Crippen molar-refractivity contribution in [3.63, 3.8) is 0 Å². The maximum atomic E-state index is 13.1. The van der Waals surface area contributed by atoms with Crippen molar-refractivity contribution >= 4 is 34.8 Å². The smallest absolute Gasteiger partial charge is 0.291 e. The Balaban J connectivity index is 1.21. The van der Waals surface area contributed by atoms with E-state index in [4.69, 9.17) is 9.15 Å². The van der Waals surface area contributed by atoms with Gasteiger partial charge in [-0.05, 0) is 72.8 Å². The fourth-order valence-corrected chi connectivity index (χ4v) is 3.72. The van der Waals surface area contributed by atoms with Crippen LogP contribution in [-0.4, -0.2) is 24.3 Å². The number of benzene rings is 3. The first-order chi connectivity index (χ1) is 17.5. The van der Waals surface area contributed by atoms with Gasteiger partial charge < -0.3 is 19.8 Å². The summed E-state index contributed by atoms with van der Waals surface area (Å²) in [7, 11) is 0. The maximum absolute atomic E-state index is 13.1. The molecule has 0 saturated heterocycles. The van der Waals surface area contributed by atoms with Crippen LogP contribution in [0.5, 0.6) is 5.75 Å². The van der Waals surface area contributed by atoms with E-state index in [2.05, 4.69) is 10.6 Å². The quantitative estimate of drug-likeness (QED) is 0.407. The summed E-state index contributed by atoms with van der Waals surface area (Å²) in [5.41, 5.74) is 2.04.